The molecule has 2 aromatic rings. The number of H-pyrrole nitrogens is 1. The van der Waals surface area contributed by atoms with Crippen molar-refractivity contribution in [3.8, 4) is 0 Å². The summed E-state index contributed by atoms with van der Waals surface area (Å²) in [6, 6.07) is 7.54. The van der Waals surface area contributed by atoms with E-state index in [4.69, 9.17) is 0 Å². The summed E-state index contributed by atoms with van der Waals surface area (Å²) >= 11 is 0. The lowest BCUT2D eigenvalue weighted by Crippen LogP contribution is -2.42. The summed E-state index contributed by atoms with van der Waals surface area (Å²) in [6.07, 6.45) is 8.23. The van der Waals surface area contributed by atoms with Crippen molar-refractivity contribution < 1.29 is 9.59 Å². The average Bonchev–Trinajstić information content (AvgIpc) is 3.13. The van der Waals surface area contributed by atoms with E-state index >= 15 is 0 Å². The fraction of sp³-hybridized carbons (Fsp3) is 0.250. The number of carbonyl (C=O) groups excluding carboxylic acids is 2. The molecule has 21 heavy (non-hydrogen) atoms. The summed E-state index contributed by atoms with van der Waals surface area (Å²) in [6.45, 7) is 0. The highest BCUT2D eigenvalue weighted by Gasteiger charge is 2.16. The lowest BCUT2D eigenvalue weighted by molar-refractivity contribution is -0.122. The van der Waals surface area contributed by atoms with Crippen LogP contribution in [0, 0.1) is 5.92 Å². The maximum absolute atomic E-state index is 12.1. The summed E-state index contributed by atoms with van der Waals surface area (Å²) in [5, 5.41) is 0.836. The number of aromatic amines is 1. The third kappa shape index (κ3) is 2.97. The largest absolute Gasteiger partial charge is 0.360 e. The third-order valence-corrected chi connectivity index (χ3v) is 3.71. The number of benzene rings is 1. The Labute approximate surface area is 122 Å². The van der Waals surface area contributed by atoms with Gasteiger partial charge in [-0.2, -0.15) is 0 Å². The Morgan fingerprint density at radius 1 is 1.24 bits per heavy atom. The molecule has 3 N–H and O–H groups in total. The van der Waals surface area contributed by atoms with Gasteiger partial charge in [0.15, 0.2) is 0 Å². The summed E-state index contributed by atoms with van der Waals surface area (Å²) in [4.78, 5) is 26.9. The van der Waals surface area contributed by atoms with E-state index in [0.717, 1.165) is 23.7 Å². The second kappa shape index (κ2) is 5.83. The first-order valence-electron chi connectivity index (χ1n) is 7.06. The molecule has 1 aliphatic carbocycles. The Bertz CT molecular complexity index is 702. The molecule has 1 aromatic heterocycles. The van der Waals surface area contributed by atoms with Crippen LogP contribution in [0.15, 0.2) is 42.6 Å². The minimum absolute atomic E-state index is 0.167. The zero-order valence-corrected chi connectivity index (χ0v) is 11.6. The number of nitrogens with one attached hydrogen (secondary N) is 3. The molecule has 5 heteroatoms. The highest BCUT2D eigenvalue weighted by molar-refractivity contribution is 6.07. The minimum atomic E-state index is -0.317. The van der Waals surface area contributed by atoms with Crippen molar-refractivity contribution in [2.24, 2.45) is 5.92 Å². The topological polar surface area (TPSA) is 74.0 Å². The predicted molar refractivity (Wildman–Crippen MR) is 80.4 cm³/mol. The van der Waals surface area contributed by atoms with Gasteiger partial charge in [-0.15, -0.1) is 0 Å². The number of para-hydroxylation sites is 1. The maximum Gasteiger partial charge on any atom is 0.271 e. The molecule has 1 atom stereocenters. The van der Waals surface area contributed by atoms with E-state index < -0.39 is 0 Å². The summed E-state index contributed by atoms with van der Waals surface area (Å²) in [5.41, 5.74) is 6.36. The van der Waals surface area contributed by atoms with E-state index in [1.165, 1.54) is 0 Å². The highest BCUT2D eigenvalue weighted by Crippen LogP contribution is 2.20. The van der Waals surface area contributed by atoms with Gasteiger partial charge in [-0.1, -0.05) is 30.4 Å². The molecule has 1 aromatic carbocycles. The fourth-order valence-electron chi connectivity index (χ4n) is 2.61. The second-order valence-electron chi connectivity index (χ2n) is 5.22. The SMILES string of the molecule is O=C(C[C@H]1C=CCC1)NNC(=O)c1c[nH]c2ccccc12. The number of hydrogen-bond donors (Lipinski definition) is 3. The Morgan fingerprint density at radius 2 is 2.10 bits per heavy atom. The van der Waals surface area contributed by atoms with Gasteiger partial charge in [0.1, 0.15) is 0 Å². The Hall–Kier alpha value is -2.56. The van der Waals surface area contributed by atoms with Crippen molar-refractivity contribution in [3.05, 3.63) is 48.2 Å². The van der Waals surface area contributed by atoms with E-state index in [2.05, 4.69) is 28.0 Å². The van der Waals surface area contributed by atoms with Gasteiger partial charge in [-0.25, -0.2) is 0 Å². The van der Waals surface area contributed by atoms with E-state index in [9.17, 15) is 9.59 Å². The lowest BCUT2D eigenvalue weighted by Gasteiger charge is -2.09. The first kappa shape index (κ1) is 13.4. The Kier molecular flexibility index (Phi) is 3.73. The van der Waals surface area contributed by atoms with Crippen LogP contribution in [0.1, 0.15) is 29.6 Å². The fourth-order valence-corrected chi connectivity index (χ4v) is 2.61. The zero-order valence-electron chi connectivity index (χ0n) is 11.6. The number of rotatable bonds is 3. The van der Waals surface area contributed by atoms with Crippen LogP contribution in [0.5, 0.6) is 0 Å². The van der Waals surface area contributed by atoms with Crippen LogP contribution < -0.4 is 10.9 Å². The number of fused-ring (bicyclic) bond motifs is 1. The molecular formula is C16H17N3O2. The molecule has 0 fully saturated rings. The number of hydrogen-bond acceptors (Lipinski definition) is 2. The van der Waals surface area contributed by atoms with Crippen LogP contribution in [0.4, 0.5) is 0 Å². The summed E-state index contributed by atoms with van der Waals surface area (Å²) in [7, 11) is 0. The van der Waals surface area contributed by atoms with Crippen molar-refractivity contribution in [3.63, 3.8) is 0 Å². The molecule has 108 valence electrons. The first-order valence-corrected chi connectivity index (χ1v) is 7.06. The molecule has 0 radical (unpaired) electrons. The van der Waals surface area contributed by atoms with Crippen molar-refractivity contribution in [1.29, 1.82) is 0 Å². The molecule has 3 rings (SSSR count). The molecule has 0 spiro atoms. The van der Waals surface area contributed by atoms with Crippen LogP contribution in [-0.2, 0) is 4.79 Å². The quantitative estimate of drug-likeness (QED) is 0.597. The van der Waals surface area contributed by atoms with Crippen LogP contribution in [0.25, 0.3) is 10.9 Å². The Balaban J connectivity index is 1.58. The number of aromatic nitrogens is 1. The van der Waals surface area contributed by atoms with Gasteiger partial charge >= 0.3 is 0 Å². The molecule has 0 aliphatic heterocycles. The van der Waals surface area contributed by atoms with Crippen LogP contribution in [0.3, 0.4) is 0 Å². The van der Waals surface area contributed by atoms with Gasteiger partial charge in [0.25, 0.3) is 5.91 Å². The summed E-state index contributed by atoms with van der Waals surface area (Å²) < 4.78 is 0. The van der Waals surface area contributed by atoms with Gasteiger partial charge < -0.3 is 4.98 Å². The smallest absolute Gasteiger partial charge is 0.271 e. The van der Waals surface area contributed by atoms with Crippen molar-refractivity contribution in [2.75, 3.05) is 0 Å². The van der Waals surface area contributed by atoms with Crippen molar-refractivity contribution in [1.82, 2.24) is 15.8 Å². The standard InChI is InChI=1S/C16H17N3O2/c20-15(9-11-5-1-2-6-11)18-19-16(21)13-10-17-14-8-4-3-7-12(13)14/h1,3-5,7-8,10-11,17H,2,6,9H2,(H,18,20)(H,19,21)/t11-/m0/s1. The number of hydrazine groups is 1. The average molecular weight is 283 g/mol. The van der Waals surface area contributed by atoms with E-state index in [-0.39, 0.29) is 17.7 Å². The van der Waals surface area contributed by atoms with E-state index in [1.54, 1.807) is 6.20 Å². The number of amides is 2. The zero-order chi connectivity index (χ0) is 14.7. The summed E-state index contributed by atoms with van der Waals surface area (Å²) in [5.74, 6) is -0.197. The minimum Gasteiger partial charge on any atom is -0.360 e. The van der Waals surface area contributed by atoms with Crippen molar-refractivity contribution >= 4 is 22.7 Å². The maximum atomic E-state index is 12.1. The second-order valence-corrected chi connectivity index (χ2v) is 5.22. The van der Waals surface area contributed by atoms with Gasteiger partial charge in [-0.05, 0) is 24.8 Å². The molecule has 5 nitrogen and oxygen atoms in total. The lowest BCUT2D eigenvalue weighted by atomic mass is 10.1. The molecule has 0 bridgehead atoms. The molecule has 1 aliphatic rings. The molecule has 2 amide bonds. The molecule has 1 heterocycles. The Morgan fingerprint density at radius 3 is 2.90 bits per heavy atom. The number of allylic oxidation sites excluding steroid dienone is 2. The molecule has 0 saturated carbocycles. The van der Waals surface area contributed by atoms with Crippen LogP contribution >= 0.6 is 0 Å². The van der Waals surface area contributed by atoms with Gasteiger partial charge in [0, 0.05) is 23.5 Å². The normalized spacial score (nSPS) is 17.0. The van der Waals surface area contributed by atoms with Gasteiger partial charge in [-0.3, -0.25) is 20.4 Å². The predicted octanol–water partition coefficient (Wildman–Crippen LogP) is 2.29. The van der Waals surface area contributed by atoms with Crippen LogP contribution in [0.2, 0.25) is 0 Å². The third-order valence-electron chi connectivity index (χ3n) is 3.71. The molecule has 0 saturated heterocycles. The van der Waals surface area contributed by atoms with E-state index in [0.29, 0.717) is 12.0 Å². The van der Waals surface area contributed by atoms with Gasteiger partial charge in [0.05, 0.1) is 5.56 Å². The molecular weight excluding hydrogens is 266 g/mol. The highest BCUT2D eigenvalue weighted by atomic mass is 16.2. The van der Waals surface area contributed by atoms with Gasteiger partial charge in [0.2, 0.25) is 5.91 Å². The molecule has 0 unspecified atom stereocenters. The monoisotopic (exact) mass is 283 g/mol. The van der Waals surface area contributed by atoms with Crippen LogP contribution in [-0.4, -0.2) is 16.8 Å². The van der Waals surface area contributed by atoms with E-state index in [1.807, 2.05) is 24.3 Å². The van der Waals surface area contributed by atoms with Crippen molar-refractivity contribution in [2.45, 2.75) is 19.3 Å². The first-order chi connectivity index (χ1) is 10.2. The number of carbonyl (C=O) groups is 2.